The SMILES string of the molecule is CN(C)CCOc1ccc2[nH]c3ccc(OCCN(C)C)cc3c(=O)c2c1. The molecule has 0 spiro atoms. The summed E-state index contributed by atoms with van der Waals surface area (Å²) in [6.45, 7) is 2.79. The fraction of sp³-hybridized carbons (Fsp3) is 0.381. The molecule has 0 fully saturated rings. The van der Waals surface area contributed by atoms with Gasteiger partial charge in [-0.2, -0.15) is 0 Å². The highest BCUT2D eigenvalue weighted by Crippen LogP contribution is 2.22. The second kappa shape index (κ2) is 8.41. The van der Waals surface area contributed by atoms with Gasteiger partial charge in [-0.05, 0) is 64.6 Å². The summed E-state index contributed by atoms with van der Waals surface area (Å²) in [7, 11) is 8.00. The number of nitrogens with one attached hydrogen (secondary N) is 1. The minimum atomic E-state index is -0.0186. The third-order valence-corrected chi connectivity index (χ3v) is 4.36. The van der Waals surface area contributed by atoms with Crippen LogP contribution in [0.25, 0.3) is 21.8 Å². The monoisotopic (exact) mass is 369 g/mol. The van der Waals surface area contributed by atoms with Gasteiger partial charge in [0.1, 0.15) is 24.7 Å². The van der Waals surface area contributed by atoms with Crippen LogP contribution < -0.4 is 14.9 Å². The van der Waals surface area contributed by atoms with E-state index in [-0.39, 0.29) is 5.43 Å². The molecular weight excluding hydrogens is 342 g/mol. The first kappa shape index (κ1) is 19.2. The summed E-state index contributed by atoms with van der Waals surface area (Å²) in [5.74, 6) is 1.40. The number of hydrogen-bond donors (Lipinski definition) is 1. The first-order chi connectivity index (χ1) is 12.9. The largest absolute Gasteiger partial charge is 0.492 e. The van der Waals surface area contributed by atoms with E-state index in [9.17, 15) is 4.79 Å². The van der Waals surface area contributed by atoms with E-state index in [2.05, 4.69) is 14.8 Å². The fourth-order valence-corrected chi connectivity index (χ4v) is 2.80. The molecule has 1 heterocycles. The van der Waals surface area contributed by atoms with Crippen molar-refractivity contribution in [1.82, 2.24) is 14.8 Å². The van der Waals surface area contributed by atoms with Crippen molar-refractivity contribution >= 4 is 21.8 Å². The smallest absolute Gasteiger partial charge is 0.197 e. The third kappa shape index (κ3) is 4.78. The molecule has 0 unspecified atom stereocenters. The van der Waals surface area contributed by atoms with E-state index in [0.717, 1.165) is 24.1 Å². The van der Waals surface area contributed by atoms with E-state index in [1.165, 1.54) is 0 Å². The first-order valence-corrected chi connectivity index (χ1v) is 9.09. The Morgan fingerprint density at radius 2 is 1.22 bits per heavy atom. The highest BCUT2D eigenvalue weighted by Gasteiger charge is 2.08. The summed E-state index contributed by atoms with van der Waals surface area (Å²) >= 11 is 0. The van der Waals surface area contributed by atoms with Crippen molar-refractivity contribution in [3.63, 3.8) is 0 Å². The molecule has 144 valence electrons. The molecular formula is C21H27N3O3. The van der Waals surface area contributed by atoms with Crippen molar-refractivity contribution in [2.24, 2.45) is 0 Å². The zero-order chi connectivity index (χ0) is 19.4. The number of rotatable bonds is 8. The van der Waals surface area contributed by atoms with Gasteiger partial charge in [-0.15, -0.1) is 0 Å². The molecule has 3 rings (SSSR count). The number of H-pyrrole nitrogens is 1. The molecule has 2 aromatic carbocycles. The maximum Gasteiger partial charge on any atom is 0.197 e. The zero-order valence-electron chi connectivity index (χ0n) is 16.4. The van der Waals surface area contributed by atoms with Gasteiger partial charge in [0.05, 0.1) is 11.0 Å². The lowest BCUT2D eigenvalue weighted by Crippen LogP contribution is -2.19. The Morgan fingerprint density at radius 1 is 0.778 bits per heavy atom. The lowest BCUT2D eigenvalue weighted by atomic mass is 10.1. The Hall–Kier alpha value is -2.57. The summed E-state index contributed by atoms with van der Waals surface area (Å²) in [5.41, 5.74) is 1.58. The van der Waals surface area contributed by atoms with E-state index in [0.29, 0.717) is 35.5 Å². The number of aromatic nitrogens is 1. The summed E-state index contributed by atoms with van der Waals surface area (Å²) in [5, 5.41) is 1.24. The Morgan fingerprint density at radius 3 is 1.63 bits per heavy atom. The molecule has 0 aliphatic rings. The average molecular weight is 369 g/mol. The Bertz CT molecular complexity index is 904. The van der Waals surface area contributed by atoms with Gasteiger partial charge in [0.25, 0.3) is 0 Å². The molecule has 1 aromatic heterocycles. The van der Waals surface area contributed by atoms with Gasteiger partial charge in [0.2, 0.25) is 0 Å². The van der Waals surface area contributed by atoms with Crippen molar-refractivity contribution in [1.29, 1.82) is 0 Å². The predicted molar refractivity (Wildman–Crippen MR) is 110 cm³/mol. The maximum atomic E-state index is 13.0. The summed E-state index contributed by atoms with van der Waals surface area (Å²) in [4.78, 5) is 20.4. The molecule has 0 amide bonds. The molecule has 1 N–H and O–H groups in total. The van der Waals surface area contributed by atoms with Crippen LogP contribution in [0.4, 0.5) is 0 Å². The number of aromatic amines is 1. The minimum Gasteiger partial charge on any atom is -0.492 e. The minimum absolute atomic E-state index is 0.0186. The van der Waals surface area contributed by atoms with E-state index in [4.69, 9.17) is 9.47 Å². The Labute approximate surface area is 159 Å². The van der Waals surface area contributed by atoms with Gasteiger partial charge in [-0.1, -0.05) is 0 Å². The Balaban J connectivity index is 1.90. The third-order valence-electron chi connectivity index (χ3n) is 4.36. The zero-order valence-corrected chi connectivity index (χ0v) is 16.4. The molecule has 6 heteroatoms. The van der Waals surface area contributed by atoms with Gasteiger partial charge in [-0.25, -0.2) is 0 Å². The standard InChI is InChI=1S/C21H27N3O3/c1-23(2)9-11-26-15-5-7-19-17(13-15)21(25)18-14-16(6-8-20(18)22-19)27-12-10-24(3)4/h5-8,13-14H,9-12H2,1-4H3,(H,22,25). The van der Waals surface area contributed by atoms with E-state index >= 15 is 0 Å². The van der Waals surface area contributed by atoms with Crippen LogP contribution in [0.15, 0.2) is 41.2 Å². The topological polar surface area (TPSA) is 57.8 Å². The molecule has 0 aliphatic carbocycles. The van der Waals surface area contributed by atoms with Crippen LogP contribution in [0, 0.1) is 0 Å². The van der Waals surface area contributed by atoms with Gasteiger partial charge in [0.15, 0.2) is 5.43 Å². The summed E-state index contributed by atoms with van der Waals surface area (Å²) in [6.07, 6.45) is 0. The predicted octanol–water partition coefficient (Wildman–Crippen LogP) is 2.56. The van der Waals surface area contributed by atoms with Crippen LogP contribution in [0.1, 0.15) is 0 Å². The van der Waals surface area contributed by atoms with Crippen LogP contribution in [0.5, 0.6) is 11.5 Å². The molecule has 3 aromatic rings. The molecule has 0 aliphatic heterocycles. The number of likely N-dealkylation sites (N-methyl/N-ethyl adjacent to an activating group) is 2. The number of ether oxygens (including phenoxy) is 2. The fourth-order valence-electron chi connectivity index (χ4n) is 2.80. The molecule has 0 saturated heterocycles. The summed E-state index contributed by atoms with van der Waals surface area (Å²) in [6, 6.07) is 11.2. The van der Waals surface area contributed by atoms with Crippen LogP contribution >= 0.6 is 0 Å². The number of benzene rings is 2. The highest BCUT2D eigenvalue weighted by molar-refractivity contribution is 5.93. The lowest BCUT2D eigenvalue weighted by molar-refractivity contribution is 0.261. The molecule has 0 bridgehead atoms. The van der Waals surface area contributed by atoms with Gasteiger partial charge in [-0.3, -0.25) is 4.79 Å². The van der Waals surface area contributed by atoms with Gasteiger partial charge >= 0.3 is 0 Å². The number of nitrogens with zero attached hydrogens (tertiary/aromatic N) is 2. The van der Waals surface area contributed by atoms with Crippen molar-refractivity contribution in [3.05, 3.63) is 46.6 Å². The average Bonchev–Trinajstić information content (AvgIpc) is 2.62. The number of pyridine rings is 1. The molecule has 6 nitrogen and oxygen atoms in total. The van der Waals surface area contributed by atoms with Crippen molar-refractivity contribution in [2.45, 2.75) is 0 Å². The van der Waals surface area contributed by atoms with Gasteiger partial charge < -0.3 is 24.3 Å². The maximum absolute atomic E-state index is 13.0. The van der Waals surface area contributed by atoms with Crippen LogP contribution in [-0.2, 0) is 0 Å². The van der Waals surface area contributed by atoms with Crippen LogP contribution in [0.3, 0.4) is 0 Å². The molecule has 0 atom stereocenters. The van der Waals surface area contributed by atoms with Crippen LogP contribution in [0.2, 0.25) is 0 Å². The van der Waals surface area contributed by atoms with Crippen molar-refractivity contribution in [3.8, 4) is 11.5 Å². The molecule has 0 saturated carbocycles. The number of fused-ring (bicyclic) bond motifs is 2. The highest BCUT2D eigenvalue weighted by atomic mass is 16.5. The van der Waals surface area contributed by atoms with E-state index < -0.39 is 0 Å². The molecule has 0 radical (unpaired) electrons. The second-order valence-electron chi connectivity index (χ2n) is 7.17. The van der Waals surface area contributed by atoms with Crippen molar-refractivity contribution in [2.75, 3.05) is 54.5 Å². The van der Waals surface area contributed by atoms with Crippen molar-refractivity contribution < 1.29 is 9.47 Å². The van der Waals surface area contributed by atoms with Crippen LogP contribution in [-0.4, -0.2) is 69.3 Å². The van der Waals surface area contributed by atoms with E-state index in [1.54, 1.807) is 0 Å². The molecule has 27 heavy (non-hydrogen) atoms. The second-order valence-corrected chi connectivity index (χ2v) is 7.17. The van der Waals surface area contributed by atoms with E-state index in [1.807, 2.05) is 64.6 Å². The lowest BCUT2D eigenvalue weighted by Gasteiger charge is -2.12. The summed E-state index contributed by atoms with van der Waals surface area (Å²) < 4.78 is 11.5. The normalized spacial score (nSPS) is 11.6. The number of hydrogen-bond acceptors (Lipinski definition) is 5. The Kier molecular flexibility index (Phi) is 5.98. The van der Waals surface area contributed by atoms with Gasteiger partial charge in [0, 0.05) is 23.9 Å². The first-order valence-electron chi connectivity index (χ1n) is 9.09. The quantitative estimate of drug-likeness (QED) is 0.619.